The summed E-state index contributed by atoms with van der Waals surface area (Å²) in [5.74, 6) is 0. The van der Waals surface area contributed by atoms with Crippen LogP contribution in [-0.2, 0) is 6.54 Å². The van der Waals surface area contributed by atoms with Gasteiger partial charge in [-0.15, -0.1) is 0 Å². The molecule has 2 rings (SSSR count). The van der Waals surface area contributed by atoms with Crippen molar-refractivity contribution in [3.05, 3.63) is 35.4 Å². The van der Waals surface area contributed by atoms with Crippen molar-refractivity contribution < 1.29 is 0 Å². The van der Waals surface area contributed by atoms with Gasteiger partial charge in [-0.05, 0) is 24.6 Å². The van der Waals surface area contributed by atoms with Crippen molar-refractivity contribution >= 4 is 0 Å². The molecule has 1 aromatic rings. The van der Waals surface area contributed by atoms with Crippen LogP contribution in [0.1, 0.15) is 30.5 Å². The van der Waals surface area contributed by atoms with E-state index in [1.807, 2.05) is 0 Å². The fourth-order valence-electron chi connectivity index (χ4n) is 2.15. The maximum absolute atomic E-state index is 2.42. The van der Waals surface area contributed by atoms with Crippen LogP contribution in [-0.4, -0.2) is 11.9 Å². The molecule has 0 bridgehead atoms. The molecule has 12 heavy (non-hydrogen) atoms. The maximum Gasteiger partial charge on any atom is 0.0349 e. The van der Waals surface area contributed by atoms with Gasteiger partial charge in [0, 0.05) is 12.6 Å². The minimum Gasteiger partial charge on any atom is -0.295 e. The average Bonchev–Trinajstić information content (AvgIpc) is 2.40. The van der Waals surface area contributed by atoms with Crippen LogP contribution in [0.15, 0.2) is 24.3 Å². The highest BCUT2D eigenvalue weighted by Gasteiger charge is 2.24. The summed E-state index contributed by atoms with van der Waals surface area (Å²) in [7, 11) is 2.20. The predicted molar refractivity (Wildman–Crippen MR) is 50.9 cm³/mol. The lowest BCUT2D eigenvalue weighted by Crippen LogP contribution is -2.15. The summed E-state index contributed by atoms with van der Waals surface area (Å²) in [5, 5.41) is 0. The Hall–Kier alpha value is -0.820. The van der Waals surface area contributed by atoms with Crippen LogP contribution in [0.2, 0.25) is 0 Å². The molecule has 64 valence electrons. The summed E-state index contributed by atoms with van der Waals surface area (Å²) >= 11 is 0. The van der Waals surface area contributed by atoms with Crippen LogP contribution >= 0.6 is 0 Å². The molecule has 0 radical (unpaired) electrons. The first-order chi connectivity index (χ1) is 5.83. The molecule has 0 saturated heterocycles. The van der Waals surface area contributed by atoms with Gasteiger partial charge in [0.1, 0.15) is 0 Å². The van der Waals surface area contributed by atoms with Gasteiger partial charge in [0.25, 0.3) is 0 Å². The summed E-state index contributed by atoms with van der Waals surface area (Å²) in [5.41, 5.74) is 3.04. The van der Waals surface area contributed by atoms with Crippen LogP contribution in [0.5, 0.6) is 0 Å². The van der Waals surface area contributed by atoms with Crippen molar-refractivity contribution in [2.24, 2.45) is 0 Å². The van der Waals surface area contributed by atoms with Crippen LogP contribution in [0, 0.1) is 0 Å². The van der Waals surface area contributed by atoms with Crippen molar-refractivity contribution in [1.82, 2.24) is 4.90 Å². The second kappa shape index (κ2) is 2.91. The first-order valence-corrected chi connectivity index (χ1v) is 4.61. The molecule has 1 aliphatic rings. The van der Waals surface area contributed by atoms with Crippen molar-refractivity contribution in [3.8, 4) is 0 Å². The fourth-order valence-corrected chi connectivity index (χ4v) is 2.15. The molecule has 0 aliphatic carbocycles. The number of benzene rings is 1. The molecule has 1 atom stereocenters. The van der Waals surface area contributed by atoms with Crippen molar-refractivity contribution in [1.29, 1.82) is 0 Å². The molecule has 1 aliphatic heterocycles. The van der Waals surface area contributed by atoms with E-state index in [0.29, 0.717) is 6.04 Å². The van der Waals surface area contributed by atoms with Crippen molar-refractivity contribution in [2.75, 3.05) is 7.05 Å². The van der Waals surface area contributed by atoms with E-state index in [-0.39, 0.29) is 0 Å². The first kappa shape index (κ1) is 7.81. The standard InChI is InChI=1S/C11H15N/c1-3-11-10-7-5-4-6-9(10)8-12(11)2/h4-7,11H,3,8H2,1-2H3/t11-/m0/s1. The normalized spacial score (nSPS) is 22.7. The van der Waals surface area contributed by atoms with Crippen LogP contribution in [0.3, 0.4) is 0 Å². The van der Waals surface area contributed by atoms with E-state index in [9.17, 15) is 0 Å². The number of hydrogen-bond acceptors (Lipinski definition) is 1. The Balaban J connectivity index is 2.40. The van der Waals surface area contributed by atoms with Gasteiger partial charge in [-0.2, -0.15) is 0 Å². The average molecular weight is 161 g/mol. The van der Waals surface area contributed by atoms with Gasteiger partial charge in [-0.1, -0.05) is 31.2 Å². The van der Waals surface area contributed by atoms with Gasteiger partial charge in [-0.3, -0.25) is 4.90 Å². The number of nitrogens with zero attached hydrogens (tertiary/aromatic N) is 1. The second-order valence-electron chi connectivity index (χ2n) is 3.54. The lowest BCUT2D eigenvalue weighted by Gasteiger charge is -2.17. The fraction of sp³-hybridized carbons (Fsp3) is 0.455. The zero-order chi connectivity index (χ0) is 8.55. The topological polar surface area (TPSA) is 3.24 Å². The molecular formula is C11H15N. The predicted octanol–water partition coefficient (Wildman–Crippen LogP) is 2.58. The molecular weight excluding hydrogens is 146 g/mol. The molecule has 0 aromatic heterocycles. The Morgan fingerprint density at radius 2 is 2.17 bits per heavy atom. The molecule has 0 amide bonds. The third-order valence-corrected chi connectivity index (χ3v) is 2.75. The van der Waals surface area contributed by atoms with Gasteiger partial charge in [0.2, 0.25) is 0 Å². The van der Waals surface area contributed by atoms with E-state index in [1.54, 1.807) is 0 Å². The summed E-state index contributed by atoms with van der Waals surface area (Å²) in [6, 6.07) is 9.42. The first-order valence-electron chi connectivity index (χ1n) is 4.61. The zero-order valence-electron chi connectivity index (χ0n) is 7.75. The molecule has 1 nitrogen and oxygen atoms in total. The van der Waals surface area contributed by atoms with E-state index in [4.69, 9.17) is 0 Å². The Labute approximate surface area is 74.0 Å². The highest BCUT2D eigenvalue weighted by Crippen LogP contribution is 2.33. The Bertz CT molecular complexity index is 280. The minimum atomic E-state index is 0.654. The third-order valence-electron chi connectivity index (χ3n) is 2.75. The highest BCUT2D eigenvalue weighted by molar-refractivity contribution is 5.33. The summed E-state index contributed by atoms with van der Waals surface area (Å²) in [4.78, 5) is 2.42. The SMILES string of the molecule is CC[C@H]1c2ccccc2CN1C. The lowest BCUT2D eigenvalue weighted by molar-refractivity contribution is 0.262. The molecule has 1 heterocycles. The Morgan fingerprint density at radius 1 is 1.42 bits per heavy atom. The third kappa shape index (κ3) is 1.05. The van der Waals surface area contributed by atoms with E-state index >= 15 is 0 Å². The van der Waals surface area contributed by atoms with Gasteiger partial charge in [-0.25, -0.2) is 0 Å². The summed E-state index contributed by atoms with van der Waals surface area (Å²) < 4.78 is 0. The molecule has 0 saturated carbocycles. The van der Waals surface area contributed by atoms with Gasteiger partial charge >= 0.3 is 0 Å². The molecule has 0 unspecified atom stereocenters. The largest absolute Gasteiger partial charge is 0.295 e. The van der Waals surface area contributed by atoms with E-state index in [0.717, 1.165) is 6.54 Å². The monoisotopic (exact) mass is 161 g/mol. The maximum atomic E-state index is 2.42. The van der Waals surface area contributed by atoms with Crippen molar-refractivity contribution in [3.63, 3.8) is 0 Å². The highest BCUT2D eigenvalue weighted by atomic mass is 15.1. The zero-order valence-corrected chi connectivity index (χ0v) is 7.75. The van der Waals surface area contributed by atoms with Gasteiger partial charge in [0.05, 0.1) is 0 Å². The lowest BCUT2D eigenvalue weighted by atomic mass is 10.0. The van der Waals surface area contributed by atoms with E-state index in [1.165, 1.54) is 17.5 Å². The molecule has 1 heteroatoms. The van der Waals surface area contributed by atoms with Gasteiger partial charge in [0.15, 0.2) is 0 Å². The summed E-state index contributed by atoms with van der Waals surface area (Å²) in [6.45, 7) is 3.37. The number of rotatable bonds is 1. The van der Waals surface area contributed by atoms with E-state index < -0.39 is 0 Å². The van der Waals surface area contributed by atoms with Crippen LogP contribution in [0.4, 0.5) is 0 Å². The summed E-state index contributed by atoms with van der Waals surface area (Å²) in [6.07, 6.45) is 1.22. The van der Waals surface area contributed by atoms with Crippen molar-refractivity contribution in [2.45, 2.75) is 25.9 Å². The quantitative estimate of drug-likeness (QED) is 0.612. The number of hydrogen-bond donors (Lipinski definition) is 0. The van der Waals surface area contributed by atoms with Crippen LogP contribution in [0.25, 0.3) is 0 Å². The Morgan fingerprint density at radius 3 is 2.92 bits per heavy atom. The molecule has 0 spiro atoms. The smallest absolute Gasteiger partial charge is 0.0349 e. The van der Waals surface area contributed by atoms with Gasteiger partial charge < -0.3 is 0 Å². The van der Waals surface area contributed by atoms with E-state index in [2.05, 4.69) is 43.1 Å². The molecule has 0 N–H and O–H groups in total. The minimum absolute atomic E-state index is 0.654. The Kier molecular flexibility index (Phi) is 1.89. The second-order valence-corrected chi connectivity index (χ2v) is 3.54. The molecule has 0 fully saturated rings. The van der Waals surface area contributed by atoms with Crippen LogP contribution < -0.4 is 0 Å². The number of fused-ring (bicyclic) bond motifs is 1. The molecule has 1 aromatic carbocycles.